The number of nitrogens with two attached hydrogens (primary N) is 1. The number of hydrogen-bond donors (Lipinski definition) is 2. The van der Waals surface area contributed by atoms with E-state index in [0.717, 1.165) is 34.5 Å². The second kappa shape index (κ2) is 12.9. The molecule has 4 aliphatic heterocycles. The van der Waals surface area contributed by atoms with Crippen LogP contribution in [-0.2, 0) is 26.1 Å². The highest BCUT2D eigenvalue weighted by molar-refractivity contribution is 6.15. The lowest BCUT2D eigenvalue weighted by molar-refractivity contribution is 0.0976. The summed E-state index contributed by atoms with van der Waals surface area (Å²) >= 11 is 0. The number of anilines is 4. The van der Waals surface area contributed by atoms with Crippen LogP contribution in [0.5, 0.6) is 23.0 Å². The molecule has 0 bridgehead atoms. The van der Waals surface area contributed by atoms with Crippen LogP contribution in [0, 0.1) is 0 Å². The van der Waals surface area contributed by atoms with Gasteiger partial charge in [0, 0.05) is 48.4 Å². The number of nitrogens with one attached hydrogen (secondary N) is 1. The van der Waals surface area contributed by atoms with Gasteiger partial charge in [0.05, 0.1) is 48.8 Å². The van der Waals surface area contributed by atoms with Crippen molar-refractivity contribution in [1.29, 1.82) is 0 Å². The summed E-state index contributed by atoms with van der Waals surface area (Å²) in [6, 6.07) is 28.5. The number of hydrogen-bond acceptors (Lipinski definition) is 9. The van der Waals surface area contributed by atoms with Gasteiger partial charge >= 0.3 is 0 Å². The molecule has 2 atom stereocenters. The van der Waals surface area contributed by atoms with E-state index in [2.05, 4.69) is 11.4 Å². The van der Waals surface area contributed by atoms with Gasteiger partial charge in [0.25, 0.3) is 11.8 Å². The van der Waals surface area contributed by atoms with E-state index >= 15 is 0 Å². The Labute approximate surface area is 306 Å². The summed E-state index contributed by atoms with van der Waals surface area (Å²) in [7, 11) is 3.11. The number of aliphatic imine (C=N–C) groups is 1. The fourth-order valence-corrected chi connectivity index (χ4v) is 7.88. The Balaban J connectivity index is 0.919. The first-order chi connectivity index (χ1) is 25.9. The lowest BCUT2D eigenvalue weighted by Crippen LogP contribution is -2.39. The molecular formula is C42H37N5O6. The van der Waals surface area contributed by atoms with Gasteiger partial charge in [-0.3, -0.25) is 19.5 Å². The van der Waals surface area contributed by atoms with Gasteiger partial charge in [-0.2, -0.15) is 0 Å². The zero-order valence-corrected chi connectivity index (χ0v) is 29.3. The lowest BCUT2D eigenvalue weighted by Gasteiger charge is -2.22. The van der Waals surface area contributed by atoms with Crippen LogP contribution in [0.4, 0.5) is 28.4 Å². The minimum Gasteiger partial charge on any atom is -0.493 e. The molecule has 0 radical (unpaired) electrons. The maximum Gasteiger partial charge on any atom is 0.261 e. The van der Waals surface area contributed by atoms with Crippen LogP contribution in [0.3, 0.4) is 0 Å². The van der Waals surface area contributed by atoms with Crippen molar-refractivity contribution in [3.63, 3.8) is 0 Å². The molecule has 5 aromatic carbocycles. The van der Waals surface area contributed by atoms with E-state index in [1.807, 2.05) is 77.8 Å². The molecular weight excluding hydrogens is 670 g/mol. The van der Waals surface area contributed by atoms with Crippen molar-refractivity contribution >= 4 is 46.5 Å². The van der Waals surface area contributed by atoms with Crippen LogP contribution in [0.15, 0.2) is 96.0 Å². The molecule has 2 amide bonds. The van der Waals surface area contributed by atoms with E-state index in [1.54, 1.807) is 37.3 Å². The number of fused-ring (bicyclic) bond motifs is 8. The zero-order chi connectivity index (χ0) is 36.2. The van der Waals surface area contributed by atoms with E-state index in [-0.39, 0.29) is 37.1 Å². The van der Waals surface area contributed by atoms with Gasteiger partial charge in [-0.05, 0) is 71.1 Å². The molecule has 4 heterocycles. The Bertz CT molecular complexity index is 2340. The molecule has 53 heavy (non-hydrogen) atoms. The summed E-state index contributed by atoms with van der Waals surface area (Å²) in [5.41, 5.74) is 14.9. The summed E-state index contributed by atoms with van der Waals surface area (Å²) in [6.07, 6.45) is 3.34. The molecule has 0 aromatic heterocycles. The third kappa shape index (κ3) is 5.65. The average Bonchev–Trinajstić information content (AvgIpc) is 3.67. The maximum atomic E-state index is 13.8. The van der Waals surface area contributed by atoms with Crippen LogP contribution in [0.25, 0.3) is 0 Å². The Morgan fingerprint density at radius 1 is 0.717 bits per heavy atom. The van der Waals surface area contributed by atoms with Crippen molar-refractivity contribution in [2.24, 2.45) is 4.99 Å². The minimum absolute atomic E-state index is 0.0208. The Morgan fingerprint density at radius 3 is 2.02 bits per heavy atom. The number of para-hydroxylation sites is 2. The summed E-state index contributed by atoms with van der Waals surface area (Å²) < 4.78 is 24.0. The number of ether oxygens (including phenoxy) is 4. The minimum atomic E-state index is -0.156. The summed E-state index contributed by atoms with van der Waals surface area (Å²) in [6.45, 7) is 0.994. The fourth-order valence-electron chi connectivity index (χ4n) is 7.88. The SMILES string of the molecule is COc1cc2c(cc1OCc1cc(N)cc(COc3cc4c(cc3OC)C(=O)N3c5ccccc5C[C@H]3CN4)c1)N=C[C@@H]1Cc3ccccc3N1C2=O. The standard InChI is InChI=1S/C42H37N5O6/c1-50-37-16-31-33(44-20-29-14-26-7-3-5-9-35(26)46(29)41(31)48)18-39(37)52-22-24-11-25(13-28(43)12-24)23-53-40-19-34-32(17-38(40)51-2)42(49)47-30(21-45-34)15-27-8-4-6-10-36(27)47/h3-13,16-20,29-30,45H,14-15,21-23,43H2,1-2H3/t29-,30-/m0/s1. The van der Waals surface area contributed by atoms with Crippen molar-refractivity contribution in [3.05, 3.63) is 124 Å². The second-order valence-corrected chi connectivity index (χ2v) is 13.6. The highest BCUT2D eigenvalue weighted by atomic mass is 16.5. The number of benzene rings is 5. The normalized spacial score (nSPS) is 17.7. The molecule has 4 aliphatic rings. The number of nitrogen functional groups attached to an aromatic ring is 1. The molecule has 0 aliphatic carbocycles. The summed E-state index contributed by atoms with van der Waals surface area (Å²) in [5.74, 6) is 1.65. The molecule has 9 rings (SSSR count). The van der Waals surface area contributed by atoms with Gasteiger partial charge in [-0.1, -0.05) is 36.4 Å². The number of amides is 2. The summed E-state index contributed by atoms with van der Waals surface area (Å²) in [5, 5.41) is 3.48. The lowest BCUT2D eigenvalue weighted by atomic mass is 10.1. The van der Waals surface area contributed by atoms with Crippen LogP contribution in [-0.4, -0.2) is 50.9 Å². The second-order valence-electron chi connectivity index (χ2n) is 13.6. The predicted molar refractivity (Wildman–Crippen MR) is 204 cm³/mol. The Morgan fingerprint density at radius 2 is 1.32 bits per heavy atom. The van der Waals surface area contributed by atoms with Crippen LogP contribution in [0.2, 0.25) is 0 Å². The molecule has 3 N–H and O–H groups in total. The molecule has 11 heteroatoms. The van der Waals surface area contributed by atoms with Crippen molar-refractivity contribution in [2.75, 3.05) is 41.6 Å². The van der Waals surface area contributed by atoms with E-state index in [9.17, 15) is 9.59 Å². The predicted octanol–water partition coefficient (Wildman–Crippen LogP) is 6.73. The number of carbonyl (C=O) groups is 2. The largest absolute Gasteiger partial charge is 0.493 e. The highest BCUT2D eigenvalue weighted by Crippen LogP contribution is 2.43. The first-order valence-electron chi connectivity index (χ1n) is 17.6. The topological polar surface area (TPSA) is 128 Å². The number of nitrogens with zero attached hydrogens (tertiary/aromatic N) is 3. The fraction of sp³-hybridized carbons (Fsp3) is 0.214. The van der Waals surface area contributed by atoms with Crippen LogP contribution < -0.4 is 39.8 Å². The number of carbonyl (C=O) groups excluding carboxylic acids is 2. The molecule has 0 saturated heterocycles. The third-order valence-electron chi connectivity index (χ3n) is 10.3. The average molecular weight is 708 g/mol. The molecule has 0 fully saturated rings. The van der Waals surface area contributed by atoms with Crippen molar-refractivity contribution in [3.8, 4) is 23.0 Å². The maximum absolute atomic E-state index is 13.8. The van der Waals surface area contributed by atoms with E-state index in [4.69, 9.17) is 29.7 Å². The quantitative estimate of drug-likeness (QED) is 0.170. The van der Waals surface area contributed by atoms with E-state index in [0.29, 0.717) is 64.2 Å². The van der Waals surface area contributed by atoms with Gasteiger partial charge in [-0.25, -0.2) is 0 Å². The van der Waals surface area contributed by atoms with Gasteiger partial charge in [0.1, 0.15) is 13.2 Å². The molecule has 0 spiro atoms. The highest BCUT2D eigenvalue weighted by Gasteiger charge is 2.38. The van der Waals surface area contributed by atoms with Crippen LogP contribution >= 0.6 is 0 Å². The molecule has 0 saturated carbocycles. The zero-order valence-electron chi connectivity index (χ0n) is 29.3. The van der Waals surface area contributed by atoms with E-state index in [1.165, 1.54) is 5.56 Å². The molecule has 266 valence electrons. The Kier molecular flexibility index (Phi) is 7.91. The van der Waals surface area contributed by atoms with Gasteiger partial charge in [0.15, 0.2) is 23.0 Å². The molecule has 11 nitrogen and oxygen atoms in total. The van der Waals surface area contributed by atoms with Crippen molar-refractivity contribution in [1.82, 2.24) is 0 Å². The number of rotatable bonds is 8. The van der Waals surface area contributed by atoms with Crippen LogP contribution in [0.1, 0.15) is 43.0 Å². The first-order valence-corrected chi connectivity index (χ1v) is 17.6. The van der Waals surface area contributed by atoms with Crippen molar-refractivity contribution < 1.29 is 28.5 Å². The molecule has 0 unspecified atom stereocenters. The van der Waals surface area contributed by atoms with Crippen molar-refractivity contribution in [2.45, 2.75) is 38.1 Å². The smallest absolute Gasteiger partial charge is 0.261 e. The van der Waals surface area contributed by atoms with E-state index < -0.39 is 0 Å². The van der Waals surface area contributed by atoms with Gasteiger partial charge in [-0.15, -0.1) is 0 Å². The number of methoxy groups -OCH3 is 2. The summed E-state index contributed by atoms with van der Waals surface area (Å²) in [4.78, 5) is 36.0. The van der Waals surface area contributed by atoms with Gasteiger partial charge < -0.3 is 34.9 Å². The van der Waals surface area contributed by atoms with Gasteiger partial charge in [0.2, 0.25) is 0 Å². The first kappa shape index (κ1) is 32.4. The Hall–Kier alpha value is -6.49. The monoisotopic (exact) mass is 707 g/mol. The third-order valence-corrected chi connectivity index (χ3v) is 10.3. The molecule has 5 aromatic rings.